The Balaban J connectivity index is 3.25. The van der Waals surface area contributed by atoms with Gasteiger partial charge in [0.05, 0.1) is 6.61 Å². The zero-order valence-corrected chi connectivity index (χ0v) is 8.45. The van der Waals surface area contributed by atoms with Gasteiger partial charge in [0.25, 0.3) is 0 Å². The van der Waals surface area contributed by atoms with Gasteiger partial charge in [-0.2, -0.15) is 0 Å². The lowest BCUT2D eigenvalue weighted by Gasteiger charge is -2.08. The Morgan fingerprint density at radius 1 is 1.46 bits per heavy atom. The third-order valence-electron chi connectivity index (χ3n) is 1.25. The van der Waals surface area contributed by atoms with E-state index in [9.17, 15) is 4.79 Å². The SMILES string of the molecule is COCCNC(=S)NCCC(N)=O. The number of hydrogen-bond donors (Lipinski definition) is 3. The van der Waals surface area contributed by atoms with Crippen molar-refractivity contribution >= 4 is 23.2 Å². The first kappa shape index (κ1) is 12.1. The van der Waals surface area contributed by atoms with E-state index in [4.69, 9.17) is 22.7 Å². The summed E-state index contributed by atoms with van der Waals surface area (Å²) >= 11 is 4.89. The van der Waals surface area contributed by atoms with Gasteiger partial charge >= 0.3 is 0 Å². The molecule has 0 radical (unpaired) electrons. The van der Waals surface area contributed by atoms with E-state index in [1.54, 1.807) is 7.11 Å². The van der Waals surface area contributed by atoms with Crippen LogP contribution in [0.4, 0.5) is 0 Å². The summed E-state index contributed by atoms with van der Waals surface area (Å²) in [6.07, 6.45) is 0.284. The predicted octanol–water partition coefficient (Wildman–Crippen LogP) is -1.03. The second-order valence-corrected chi connectivity index (χ2v) is 2.80. The quantitative estimate of drug-likeness (QED) is 0.382. The van der Waals surface area contributed by atoms with Crippen LogP contribution in [0.2, 0.25) is 0 Å². The monoisotopic (exact) mass is 205 g/mol. The minimum absolute atomic E-state index is 0.284. The molecule has 0 unspecified atom stereocenters. The summed E-state index contributed by atoms with van der Waals surface area (Å²) in [7, 11) is 1.62. The Bertz CT molecular complexity index is 175. The zero-order chi connectivity index (χ0) is 10.1. The minimum Gasteiger partial charge on any atom is -0.383 e. The van der Waals surface area contributed by atoms with Crippen LogP contribution in [-0.2, 0) is 9.53 Å². The molecule has 0 spiro atoms. The van der Waals surface area contributed by atoms with Gasteiger partial charge in [0.2, 0.25) is 5.91 Å². The molecule has 0 aromatic heterocycles. The third kappa shape index (κ3) is 9.03. The number of methoxy groups -OCH3 is 1. The number of rotatable bonds is 6. The average molecular weight is 205 g/mol. The molecule has 0 heterocycles. The molecule has 0 saturated carbocycles. The Labute approximate surface area is 83.0 Å². The van der Waals surface area contributed by atoms with Crippen molar-refractivity contribution in [1.82, 2.24) is 10.6 Å². The van der Waals surface area contributed by atoms with Gasteiger partial charge in [0.1, 0.15) is 0 Å². The number of thiocarbonyl (C=S) groups is 1. The highest BCUT2D eigenvalue weighted by atomic mass is 32.1. The number of ether oxygens (including phenoxy) is 1. The van der Waals surface area contributed by atoms with Crippen LogP contribution in [-0.4, -0.2) is 37.8 Å². The van der Waals surface area contributed by atoms with E-state index in [1.165, 1.54) is 0 Å². The summed E-state index contributed by atoms with van der Waals surface area (Å²) < 4.78 is 4.81. The molecule has 0 saturated heterocycles. The highest BCUT2D eigenvalue weighted by Gasteiger charge is 1.96. The molecule has 0 aliphatic rings. The number of primary amides is 1. The van der Waals surface area contributed by atoms with Gasteiger partial charge in [-0.1, -0.05) is 0 Å². The molecule has 0 bridgehead atoms. The molecule has 6 heteroatoms. The predicted molar refractivity (Wildman–Crippen MR) is 54.3 cm³/mol. The molecule has 0 aliphatic heterocycles. The van der Waals surface area contributed by atoms with Gasteiger partial charge in [-0.15, -0.1) is 0 Å². The van der Waals surface area contributed by atoms with Crippen molar-refractivity contribution in [3.63, 3.8) is 0 Å². The van der Waals surface area contributed by atoms with Crippen LogP contribution in [0.15, 0.2) is 0 Å². The van der Waals surface area contributed by atoms with Crippen molar-refractivity contribution in [3.05, 3.63) is 0 Å². The molecular formula is C7H15N3O2S. The molecule has 0 aliphatic carbocycles. The second-order valence-electron chi connectivity index (χ2n) is 2.39. The summed E-state index contributed by atoms with van der Waals surface area (Å²) in [6.45, 7) is 1.71. The fraction of sp³-hybridized carbons (Fsp3) is 0.714. The fourth-order valence-corrected chi connectivity index (χ4v) is 0.832. The summed E-state index contributed by atoms with van der Waals surface area (Å²) in [5.74, 6) is -0.341. The van der Waals surface area contributed by atoms with E-state index >= 15 is 0 Å². The lowest BCUT2D eigenvalue weighted by atomic mass is 10.4. The zero-order valence-electron chi connectivity index (χ0n) is 7.63. The molecule has 4 N–H and O–H groups in total. The maximum Gasteiger partial charge on any atom is 0.219 e. The first-order chi connectivity index (χ1) is 6.16. The number of hydrogen-bond acceptors (Lipinski definition) is 3. The van der Waals surface area contributed by atoms with Crippen LogP contribution in [0.1, 0.15) is 6.42 Å². The van der Waals surface area contributed by atoms with Gasteiger partial charge in [0, 0.05) is 26.6 Å². The van der Waals surface area contributed by atoms with Crippen molar-refractivity contribution in [2.75, 3.05) is 26.8 Å². The molecule has 1 amide bonds. The van der Waals surface area contributed by atoms with Crippen molar-refractivity contribution in [3.8, 4) is 0 Å². The Morgan fingerprint density at radius 2 is 2.08 bits per heavy atom. The Kier molecular flexibility index (Phi) is 7.23. The van der Waals surface area contributed by atoms with Crippen LogP contribution in [0.5, 0.6) is 0 Å². The van der Waals surface area contributed by atoms with Crippen molar-refractivity contribution < 1.29 is 9.53 Å². The molecule has 0 atom stereocenters. The molecule has 0 fully saturated rings. The first-order valence-corrected chi connectivity index (χ1v) is 4.36. The van der Waals surface area contributed by atoms with Crippen molar-refractivity contribution in [2.24, 2.45) is 5.73 Å². The van der Waals surface area contributed by atoms with Gasteiger partial charge in [0.15, 0.2) is 5.11 Å². The van der Waals surface area contributed by atoms with E-state index in [1.807, 2.05) is 0 Å². The van der Waals surface area contributed by atoms with Gasteiger partial charge in [-0.3, -0.25) is 4.79 Å². The topological polar surface area (TPSA) is 76.4 Å². The maximum absolute atomic E-state index is 10.3. The van der Waals surface area contributed by atoms with E-state index in [0.717, 1.165) is 0 Å². The lowest BCUT2D eigenvalue weighted by Crippen LogP contribution is -2.38. The van der Waals surface area contributed by atoms with Crippen LogP contribution in [0, 0.1) is 0 Å². The summed E-state index contributed by atoms with van der Waals surface area (Å²) in [4.78, 5) is 10.3. The van der Waals surface area contributed by atoms with Crippen LogP contribution in [0.25, 0.3) is 0 Å². The van der Waals surface area contributed by atoms with Crippen LogP contribution >= 0.6 is 12.2 Å². The standard InChI is InChI=1S/C7H15N3O2S/c1-12-5-4-10-7(13)9-3-2-6(8)11/h2-5H2,1H3,(H2,8,11)(H2,9,10,13). The third-order valence-corrected chi connectivity index (χ3v) is 1.54. The van der Waals surface area contributed by atoms with Crippen molar-refractivity contribution in [2.45, 2.75) is 6.42 Å². The van der Waals surface area contributed by atoms with Gasteiger partial charge < -0.3 is 21.1 Å². The fourth-order valence-electron chi connectivity index (χ4n) is 0.628. The summed E-state index contributed by atoms with van der Waals surface area (Å²) in [5, 5.41) is 6.25. The smallest absolute Gasteiger partial charge is 0.219 e. The van der Waals surface area contributed by atoms with E-state index in [2.05, 4.69) is 10.6 Å². The minimum atomic E-state index is -0.341. The van der Waals surface area contributed by atoms with Crippen LogP contribution < -0.4 is 16.4 Å². The largest absolute Gasteiger partial charge is 0.383 e. The van der Waals surface area contributed by atoms with E-state index in [-0.39, 0.29) is 12.3 Å². The number of carbonyl (C=O) groups is 1. The molecule has 76 valence electrons. The van der Waals surface area contributed by atoms with Gasteiger partial charge in [-0.05, 0) is 12.2 Å². The normalized spacial score (nSPS) is 9.31. The maximum atomic E-state index is 10.3. The van der Waals surface area contributed by atoms with Gasteiger partial charge in [-0.25, -0.2) is 0 Å². The number of amides is 1. The lowest BCUT2D eigenvalue weighted by molar-refractivity contribution is -0.117. The summed E-state index contributed by atoms with van der Waals surface area (Å²) in [6, 6.07) is 0. The molecule has 0 aromatic carbocycles. The number of carbonyl (C=O) groups excluding carboxylic acids is 1. The average Bonchev–Trinajstić information content (AvgIpc) is 2.04. The van der Waals surface area contributed by atoms with Crippen molar-refractivity contribution in [1.29, 1.82) is 0 Å². The Hall–Kier alpha value is -0.880. The number of nitrogens with one attached hydrogen (secondary N) is 2. The molecular weight excluding hydrogens is 190 g/mol. The molecule has 0 aromatic rings. The highest BCUT2D eigenvalue weighted by molar-refractivity contribution is 7.80. The van der Waals surface area contributed by atoms with E-state index < -0.39 is 0 Å². The first-order valence-electron chi connectivity index (χ1n) is 3.95. The molecule has 0 rings (SSSR count). The number of nitrogens with two attached hydrogens (primary N) is 1. The Morgan fingerprint density at radius 3 is 2.62 bits per heavy atom. The second kappa shape index (κ2) is 7.75. The van der Waals surface area contributed by atoms with Crippen LogP contribution in [0.3, 0.4) is 0 Å². The molecule has 13 heavy (non-hydrogen) atoms. The van der Waals surface area contributed by atoms with E-state index in [0.29, 0.717) is 24.8 Å². The summed E-state index contributed by atoms with van der Waals surface area (Å²) in [5.41, 5.74) is 4.94. The highest BCUT2D eigenvalue weighted by Crippen LogP contribution is 1.74. The molecule has 5 nitrogen and oxygen atoms in total.